The average Bonchev–Trinajstić information content (AvgIpc) is 2.53. The van der Waals surface area contributed by atoms with Crippen LogP contribution in [0.4, 0.5) is 0 Å². The van der Waals surface area contributed by atoms with Gasteiger partial charge in [0.25, 0.3) is 0 Å². The van der Waals surface area contributed by atoms with Gasteiger partial charge in [-0.15, -0.1) is 0 Å². The molecule has 21 heavy (non-hydrogen) atoms. The highest BCUT2D eigenvalue weighted by Crippen LogP contribution is 2.14. The molecule has 0 saturated heterocycles. The van der Waals surface area contributed by atoms with E-state index in [9.17, 15) is 9.59 Å². The molecule has 0 rings (SSSR count). The van der Waals surface area contributed by atoms with E-state index in [4.69, 9.17) is 13.3 Å². The molecule has 1 unspecified atom stereocenters. The van der Waals surface area contributed by atoms with Crippen LogP contribution in [0.15, 0.2) is 0 Å². The lowest BCUT2D eigenvalue weighted by Gasteiger charge is -2.24. The molecule has 0 aliphatic rings. The second-order valence-electron chi connectivity index (χ2n) is 4.21. The molecule has 0 aliphatic carbocycles. The van der Waals surface area contributed by atoms with Crippen LogP contribution in [0.1, 0.15) is 12.8 Å². The molecular weight excluding hydrogens is 298 g/mol. The van der Waals surface area contributed by atoms with E-state index in [1.54, 1.807) is 21.3 Å². The third kappa shape index (κ3) is 7.00. The van der Waals surface area contributed by atoms with Crippen LogP contribution >= 0.6 is 0 Å². The molecule has 8 nitrogen and oxygen atoms in total. The molecule has 0 aromatic heterocycles. The van der Waals surface area contributed by atoms with Crippen LogP contribution in [-0.4, -0.2) is 68.9 Å². The van der Waals surface area contributed by atoms with Crippen LogP contribution in [0.25, 0.3) is 0 Å². The van der Waals surface area contributed by atoms with Crippen molar-refractivity contribution in [3.8, 4) is 0 Å². The third-order valence-electron chi connectivity index (χ3n) is 3.07. The van der Waals surface area contributed by atoms with E-state index >= 15 is 0 Å². The fourth-order valence-corrected chi connectivity index (χ4v) is 3.49. The summed E-state index contributed by atoms with van der Waals surface area (Å²) in [5, 5.41) is 2.96. The van der Waals surface area contributed by atoms with E-state index in [1.807, 2.05) is 0 Å². The molecule has 0 amide bonds. The Kier molecular flexibility index (Phi) is 10.2. The molecule has 9 heteroatoms. The lowest BCUT2D eigenvalue weighted by atomic mass is 10.2. The largest absolute Gasteiger partial charge is 0.500 e. The quantitative estimate of drug-likeness (QED) is 0.321. The number of methoxy groups -OCH3 is 2. The number of nitrogens with one attached hydrogen (secondary N) is 1. The predicted molar refractivity (Wildman–Crippen MR) is 76.6 cm³/mol. The highest BCUT2D eigenvalue weighted by Gasteiger charge is 2.37. The Labute approximate surface area is 126 Å². The SMILES string of the molecule is COC(=O)CC(NCCC[Si](OC)(OC)OC)C(=O)OC. The Hall–Kier alpha value is -1.00. The molecular formula is C12H25NO7Si. The van der Waals surface area contributed by atoms with E-state index in [2.05, 4.69) is 14.8 Å². The first-order chi connectivity index (χ1) is 9.98. The molecule has 1 atom stereocenters. The molecule has 0 radical (unpaired) electrons. The molecule has 0 fully saturated rings. The summed E-state index contributed by atoms with van der Waals surface area (Å²) in [5.41, 5.74) is 0. The fraction of sp³-hybridized carbons (Fsp3) is 0.833. The maximum absolute atomic E-state index is 11.6. The van der Waals surface area contributed by atoms with Crippen LogP contribution < -0.4 is 5.32 Å². The summed E-state index contributed by atoms with van der Waals surface area (Å²) < 4.78 is 25.1. The number of rotatable bonds is 11. The van der Waals surface area contributed by atoms with E-state index in [1.165, 1.54) is 14.2 Å². The van der Waals surface area contributed by atoms with Crippen molar-refractivity contribution in [1.82, 2.24) is 5.32 Å². The van der Waals surface area contributed by atoms with E-state index in [0.717, 1.165) is 0 Å². The highest BCUT2D eigenvalue weighted by molar-refractivity contribution is 6.60. The maximum Gasteiger partial charge on any atom is 0.500 e. The molecule has 0 spiro atoms. The minimum atomic E-state index is -2.61. The van der Waals surface area contributed by atoms with E-state index in [-0.39, 0.29) is 6.42 Å². The van der Waals surface area contributed by atoms with Gasteiger partial charge >= 0.3 is 20.7 Å². The monoisotopic (exact) mass is 323 g/mol. The molecule has 1 N–H and O–H groups in total. The normalized spacial score (nSPS) is 12.8. The third-order valence-corrected chi connectivity index (χ3v) is 5.90. The zero-order chi connectivity index (χ0) is 16.3. The van der Waals surface area contributed by atoms with Crippen LogP contribution in [-0.2, 0) is 32.3 Å². The van der Waals surface area contributed by atoms with Crippen molar-refractivity contribution in [3.63, 3.8) is 0 Å². The molecule has 0 bridgehead atoms. The van der Waals surface area contributed by atoms with E-state index in [0.29, 0.717) is 19.0 Å². The maximum atomic E-state index is 11.6. The van der Waals surface area contributed by atoms with Gasteiger partial charge in [0.2, 0.25) is 0 Å². The lowest BCUT2D eigenvalue weighted by molar-refractivity contribution is -0.149. The van der Waals surface area contributed by atoms with Gasteiger partial charge in [-0.3, -0.25) is 9.59 Å². The summed E-state index contributed by atoms with van der Waals surface area (Å²) in [6.07, 6.45) is 0.584. The predicted octanol–water partition coefficient (Wildman–Crippen LogP) is -0.0511. The molecule has 0 aliphatic heterocycles. The molecule has 0 heterocycles. The van der Waals surface area contributed by atoms with Gasteiger partial charge in [0, 0.05) is 27.4 Å². The summed E-state index contributed by atoms with van der Waals surface area (Å²) in [4.78, 5) is 22.8. The minimum absolute atomic E-state index is 0.0788. The van der Waals surface area contributed by atoms with Crippen LogP contribution in [0, 0.1) is 0 Å². The summed E-state index contributed by atoms with van der Waals surface area (Å²) >= 11 is 0. The van der Waals surface area contributed by atoms with Gasteiger partial charge in [-0.2, -0.15) is 0 Å². The topological polar surface area (TPSA) is 92.3 Å². The summed E-state index contributed by atoms with van der Waals surface area (Å²) in [6, 6.07) is -0.138. The lowest BCUT2D eigenvalue weighted by Crippen LogP contribution is -2.44. The summed E-state index contributed by atoms with van der Waals surface area (Å²) in [5.74, 6) is -0.985. The first kappa shape index (κ1) is 20.0. The highest BCUT2D eigenvalue weighted by atomic mass is 28.4. The van der Waals surface area contributed by atoms with Crippen molar-refractivity contribution >= 4 is 20.7 Å². The Morgan fingerprint density at radius 2 is 1.57 bits per heavy atom. The van der Waals surface area contributed by atoms with Gasteiger partial charge in [0.05, 0.1) is 20.6 Å². The summed E-state index contributed by atoms with van der Waals surface area (Å²) in [6.45, 7) is 0.488. The van der Waals surface area contributed by atoms with Crippen LogP contribution in [0.5, 0.6) is 0 Å². The number of esters is 2. The first-order valence-corrected chi connectivity index (χ1v) is 8.45. The number of hydrogen-bond donors (Lipinski definition) is 1. The molecule has 124 valence electrons. The van der Waals surface area contributed by atoms with Gasteiger partial charge in [-0.05, 0) is 13.0 Å². The van der Waals surface area contributed by atoms with Gasteiger partial charge in [0.15, 0.2) is 0 Å². The van der Waals surface area contributed by atoms with Gasteiger partial charge in [0.1, 0.15) is 6.04 Å². The second kappa shape index (κ2) is 10.7. The molecule has 0 saturated carbocycles. The van der Waals surface area contributed by atoms with Crippen molar-refractivity contribution in [2.24, 2.45) is 0 Å². The van der Waals surface area contributed by atoms with Crippen molar-refractivity contribution in [2.75, 3.05) is 42.1 Å². The number of carbonyl (C=O) groups is 2. The van der Waals surface area contributed by atoms with Crippen LogP contribution in [0.2, 0.25) is 6.04 Å². The van der Waals surface area contributed by atoms with Crippen molar-refractivity contribution in [3.05, 3.63) is 0 Å². The van der Waals surface area contributed by atoms with Crippen molar-refractivity contribution in [1.29, 1.82) is 0 Å². The zero-order valence-corrected chi connectivity index (χ0v) is 14.3. The van der Waals surface area contributed by atoms with Crippen molar-refractivity contribution < 1.29 is 32.3 Å². The standard InChI is InChI=1S/C12H25NO7Si/c1-16-11(14)9-10(12(15)17-2)13-7-6-8-21(18-3,19-4)20-5/h10,13H,6-9H2,1-5H3. The average molecular weight is 323 g/mol. The number of carbonyl (C=O) groups excluding carboxylic acids is 2. The van der Waals surface area contributed by atoms with Gasteiger partial charge in [-0.1, -0.05) is 0 Å². The van der Waals surface area contributed by atoms with Crippen molar-refractivity contribution in [2.45, 2.75) is 24.9 Å². The Morgan fingerprint density at radius 1 is 1.00 bits per heavy atom. The van der Waals surface area contributed by atoms with Gasteiger partial charge < -0.3 is 28.1 Å². The Balaban J connectivity index is 4.30. The Morgan fingerprint density at radius 3 is 2.00 bits per heavy atom. The first-order valence-electron chi connectivity index (χ1n) is 6.52. The number of hydrogen-bond acceptors (Lipinski definition) is 8. The second-order valence-corrected chi connectivity index (χ2v) is 7.30. The molecule has 0 aromatic carbocycles. The molecule has 0 aromatic rings. The summed E-state index contributed by atoms with van der Waals surface area (Å²) in [7, 11) is 4.56. The Bertz CT molecular complexity index is 314. The van der Waals surface area contributed by atoms with Crippen LogP contribution in [0.3, 0.4) is 0 Å². The minimum Gasteiger partial charge on any atom is -0.469 e. The smallest absolute Gasteiger partial charge is 0.469 e. The number of ether oxygens (including phenoxy) is 2. The van der Waals surface area contributed by atoms with Gasteiger partial charge in [-0.25, -0.2) is 0 Å². The zero-order valence-electron chi connectivity index (χ0n) is 13.3. The fourth-order valence-electron chi connectivity index (χ4n) is 1.77. The van der Waals surface area contributed by atoms with E-state index < -0.39 is 26.8 Å².